The van der Waals surface area contributed by atoms with Crippen LogP contribution in [0.1, 0.15) is 23.0 Å². The molecule has 0 aliphatic carbocycles. The largest absolute Gasteiger partial charge is 0.451 e. The lowest BCUT2D eigenvalue weighted by atomic mass is 10.1. The Bertz CT molecular complexity index is 675. The Balaban J connectivity index is 2.40. The van der Waals surface area contributed by atoms with Crippen LogP contribution >= 0.6 is 0 Å². The van der Waals surface area contributed by atoms with Crippen molar-refractivity contribution in [2.45, 2.75) is 20.0 Å². The van der Waals surface area contributed by atoms with Crippen LogP contribution in [-0.4, -0.2) is 30.1 Å². The van der Waals surface area contributed by atoms with Gasteiger partial charge in [0.2, 0.25) is 0 Å². The van der Waals surface area contributed by atoms with Crippen LogP contribution in [0.2, 0.25) is 0 Å². The number of rotatable bonds is 3. The molecule has 1 amide bonds. The molecule has 1 aromatic carbocycles. The lowest BCUT2D eigenvalue weighted by Crippen LogP contribution is -2.38. The van der Waals surface area contributed by atoms with Gasteiger partial charge in [-0.2, -0.15) is 13.2 Å². The average molecular weight is 303 g/mol. The van der Waals surface area contributed by atoms with Crippen molar-refractivity contribution in [2.75, 3.05) is 13.1 Å². The van der Waals surface area contributed by atoms with E-state index in [1.807, 2.05) is 0 Å². The normalized spacial score (nSPS) is 11.9. The number of hydrogen-bond acceptors (Lipinski definition) is 2. The third-order valence-corrected chi connectivity index (χ3v) is 3.13. The molecule has 0 aliphatic heterocycles. The smallest absolute Gasteiger partial charge is 0.406 e. The molecule has 0 radical (unpaired) electrons. The van der Waals surface area contributed by atoms with Crippen molar-refractivity contribution < 1.29 is 26.8 Å². The van der Waals surface area contributed by atoms with E-state index in [2.05, 4.69) is 0 Å². The predicted molar refractivity (Wildman–Crippen MR) is 68.5 cm³/mol. The number of carbonyl (C=O) groups excluding carboxylic acids is 1. The Morgan fingerprint density at radius 1 is 1.33 bits per heavy atom. The maximum Gasteiger partial charge on any atom is 0.406 e. The van der Waals surface area contributed by atoms with Crippen LogP contribution in [-0.2, 0) is 0 Å². The zero-order valence-electron chi connectivity index (χ0n) is 11.4. The minimum absolute atomic E-state index is 0.108. The van der Waals surface area contributed by atoms with E-state index in [0.717, 1.165) is 6.07 Å². The van der Waals surface area contributed by atoms with E-state index in [1.165, 1.54) is 26.0 Å². The molecule has 0 fully saturated rings. The van der Waals surface area contributed by atoms with Crippen LogP contribution in [0.4, 0.5) is 17.6 Å². The maximum absolute atomic E-state index is 13.2. The summed E-state index contributed by atoms with van der Waals surface area (Å²) in [5.74, 6) is -1.56. The minimum Gasteiger partial charge on any atom is -0.451 e. The van der Waals surface area contributed by atoms with E-state index in [4.69, 9.17) is 4.42 Å². The number of furan rings is 1. The van der Waals surface area contributed by atoms with Crippen molar-refractivity contribution in [1.82, 2.24) is 4.90 Å². The van der Waals surface area contributed by atoms with E-state index >= 15 is 0 Å². The van der Waals surface area contributed by atoms with Crippen LogP contribution < -0.4 is 0 Å². The summed E-state index contributed by atoms with van der Waals surface area (Å²) in [5, 5.41) is 0.376. The van der Waals surface area contributed by atoms with E-state index in [0.29, 0.717) is 15.8 Å². The first-order chi connectivity index (χ1) is 9.73. The summed E-state index contributed by atoms with van der Waals surface area (Å²) in [6.45, 7) is 1.50. The van der Waals surface area contributed by atoms with Crippen molar-refractivity contribution in [3.8, 4) is 0 Å². The second-order valence-corrected chi connectivity index (χ2v) is 4.63. The standard InChI is InChI=1S/C14H13F4NO2/c1-3-19(7-14(16,17)18)13(20)12-8(2)10-6-9(15)4-5-11(10)21-12/h4-6H,3,7H2,1-2H3. The Morgan fingerprint density at radius 2 is 2.00 bits per heavy atom. The van der Waals surface area contributed by atoms with Gasteiger partial charge in [-0.3, -0.25) is 4.79 Å². The van der Waals surface area contributed by atoms with Crippen LogP contribution in [0.5, 0.6) is 0 Å². The van der Waals surface area contributed by atoms with Crippen LogP contribution in [0.3, 0.4) is 0 Å². The Morgan fingerprint density at radius 3 is 2.57 bits per heavy atom. The average Bonchev–Trinajstić information content (AvgIpc) is 2.71. The van der Waals surface area contributed by atoms with E-state index < -0.39 is 24.4 Å². The number of aryl methyl sites for hydroxylation is 1. The molecule has 114 valence electrons. The van der Waals surface area contributed by atoms with Crippen LogP contribution in [0.15, 0.2) is 22.6 Å². The molecule has 2 rings (SSSR count). The zero-order valence-corrected chi connectivity index (χ0v) is 11.4. The number of fused-ring (bicyclic) bond motifs is 1. The van der Waals surface area contributed by atoms with E-state index in [-0.39, 0.29) is 17.9 Å². The number of halogens is 4. The molecule has 1 heterocycles. The van der Waals surface area contributed by atoms with Gasteiger partial charge in [-0.15, -0.1) is 0 Å². The molecule has 3 nitrogen and oxygen atoms in total. The number of nitrogens with zero attached hydrogens (tertiary/aromatic N) is 1. The van der Waals surface area contributed by atoms with Crippen molar-refractivity contribution in [3.63, 3.8) is 0 Å². The second kappa shape index (κ2) is 5.38. The molecule has 0 bridgehead atoms. The van der Waals surface area contributed by atoms with Gasteiger partial charge in [0.1, 0.15) is 17.9 Å². The van der Waals surface area contributed by atoms with Gasteiger partial charge in [0.25, 0.3) is 5.91 Å². The molecule has 0 unspecified atom stereocenters. The summed E-state index contributed by atoms with van der Waals surface area (Å²) < 4.78 is 55.8. The quantitative estimate of drug-likeness (QED) is 0.806. The third-order valence-electron chi connectivity index (χ3n) is 3.13. The Kier molecular flexibility index (Phi) is 3.93. The molecule has 1 aromatic heterocycles. The lowest BCUT2D eigenvalue weighted by Gasteiger charge is -2.21. The number of carbonyl (C=O) groups is 1. The molecule has 0 saturated heterocycles. The SMILES string of the molecule is CCN(CC(F)(F)F)C(=O)c1oc2ccc(F)cc2c1C. The highest BCUT2D eigenvalue weighted by molar-refractivity contribution is 5.98. The molecule has 0 N–H and O–H groups in total. The number of alkyl halides is 3. The van der Waals surface area contributed by atoms with Crippen molar-refractivity contribution in [3.05, 3.63) is 35.3 Å². The molecule has 0 saturated carbocycles. The molecule has 21 heavy (non-hydrogen) atoms. The zero-order chi connectivity index (χ0) is 15.8. The highest BCUT2D eigenvalue weighted by Gasteiger charge is 2.34. The first-order valence-corrected chi connectivity index (χ1v) is 6.27. The molecule has 0 spiro atoms. The van der Waals surface area contributed by atoms with Gasteiger partial charge in [-0.25, -0.2) is 4.39 Å². The Labute approximate surface area is 118 Å². The summed E-state index contributed by atoms with van der Waals surface area (Å²) in [7, 11) is 0. The third kappa shape index (κ3) is 3.17. The Hall–Kier alpha value is -2.05. The first-order valence-electron chi connectivity index (χ1n) is 6.27. The monoisotopic (exact) mass is 303 g/mol. The lowest BCUT2D eigenvalue weighted by molar-refractivity contribution is -0.140. The highest BCUT2D eigenvalue weighted by Crippen LogP contribution is 2.27. The van der Waals surface area contributed by atoms with Crippen molar-refractivity contribution in [1.29, 1.82) is 0 Å². The number of amides is 1. The van der Waals surface area contributed by atoms with Gasteiger partial charge < -0.3 is 9.32 Å². The van der Waals surface area contributed by atoms with Gasteiger partial charge >= 0.3 is 6.18 Å². The fourth-order valence-corrected chi connectivity index (χ4v) is 2.08. The van der Waals surface area contributed by atoms with Gasteiger partial charge in [-0.1, -0.05) is 0 Å². The summed E-state index contributed by atoms with van der Waals surface area (Å²) in [6, 6.07) is 3.69. The summed E-state index contributed by atoms with van der Waals surface area (Å²) in [5.41, 5.74) is 0.593. The van der Waals surface area contributed by atoms with Crippen LogP contribution in [0.25, 0.3) is 11.0 Å². The van der Waals surface area contributed by atoms with Crippen molar-refractivity contribution >= 4 is 16.9 Å². The van der Waals surface area contributed by atoms with E-state index in [9.17, 15) is 22.4 Å². The molecular weight excluding hydrogens is 290 g/mol. The molecule has 2 aromatic rings. The van der Waals surface area contributed by atoms with Gasteiger partial charge in [0.15, 0.2) is 5.76 Å². The molecule has 7 heteroatoms. The second-order valence-electron chi connectivity index (χ2n) is 4.63. The van der Waals surface area contributed by atoms with Gasteiger partial charge in [0.05, 0.1) is 0 Å². The minimum atomic E-state index is -4.49. The number of benzene rings is 1. The highest BCUT2D eigenvalue weighted by atomic mass is 19.4. The first kappa shape index (κ1) is 15.3. The van der Waals surface area contributed by atoms with Crippen LogP contribution in [0, 0.1) is 12.7 Å². The van der Waals surface area contributed by atoms with Gasteiger partial charge in [-0.05, 0) is 32.0 Å². The number of hydrogen-bond donors (Lipinski definition) is 0. The van der Waals surface area contributed by atoms with Gasteiger partial charge in [0, 0.05) is 17.5 Å². The predicted octanol–water partition coefficient (Wildman–Crippen LogP) is 3.90. The fourth-order valence-electron chi connectivity index (χ4n) is 2.08. The topological polar surface area (TPSA) is 33.5 Å². The fraction of sp³-hybridized carbons (Fsp3) is 0.357. The molecule has 0 atom stereocenters. The molecule has 0 aliphatic rings. The maximum atomic E-state index is 13.2. The summed E-state index contributed by atoms with van der Waals surface area (Å²) >= 11 is 0. The summed E-state index contributed by atoms with van der Waals surface area (Å²) in [4.78, 5) is 12.8. The van der Waals surface area contributed by atoms with Crippen molar-refractivity contribution in [2.24, 2.45) is 0 Å². The summed E-state index contributed by atoms with van der Waals surface area (Å²) in [6.07, 6.45) is -4.49. The molecular formula is C14H13F4NO2. The van der Waals surface area contributed by atoms with E-state index in [1.54, 1.807) is 0 Å².